The molecule has 0 bridgehead atoms. The minimum Gasteiger partial charge on any atom is -0.463 e. The Morgan fingerprint density at radius 2 is 1.92 bits per heavy atom. The summed E-state index contributed by atoms with van der Waals surface area (Å²) in [6.07, 6.45) is -1.31. The van der Waals surface area contributed by atoms with Crippen molar-refractivity contribution in [1.82, 2.24) is 24.5 Å². The molecule has 5 rings (SSSR count). The predicted octanol–water partition coefficient (Wildman–Crippen LogP) is 5.78. The summed E-state index contributed by atoms with van der Waals surface area (Å²) in [5.41, 5.74) is 2.27. The largest absolute Gasteiger partial charge is 0.463 e. The molecule has 0 aliphatic carbocycles. The van der Waals surface area contributed by atoms with Gasteiger partial charge in [0, 0.05) is 22.3 Å². The number of carbonyl (C=O) groups excluding carboxylic acids is 1. The standard InChI is InChI=1S/C25H21ClF2N6O2/c1-14-10-21(32-33(14)12-16-6-3-4-7-18(16)26)30-22(35)13-34-25-23(15(2)31-34)17(24(27)28)11-19(29-25)20-8-5-9-36-20/h3-11,24H,12-13H2,1-2H3,(H,30,32,35). The lowest BCUT2D eigenvalue weighted by atomic mass is 10.1. The highest BCUT2D eigenvalue weighted by Crippen LogP contribution is 2.33. The molecule has 36 heavy (non-hydrogen) atoms. The summed E-state index contributed by atoms with van der Waals surface area (Å²) in [6, 6.07) is 13.8. The first-order valence-corrected chi connectivity index (χ1v) is 11.5. The summed E-state index contributed by atoms with van der Waals surface area (Å²) >= 11 is 6.25. The van der Waals surface area contributed by atoms with E-state index in [1.807, 2.05) is 25.1 Å². The fourth-order valence-corrected chi connectivity index (χ4v) is 4.25. The molecule has 8 nitrogen and oxygen atoms in total. The molecule has 4 heterocycles. The lowest BCUT2D eigenvalue weighted by Gasteiger charge is -2.08. The van der Waals surface area contributed by atoms with E-state index in [4.69, 9.17) is 16.0 Å². The van der Waals surface area contributed by atoms with E-state index in [2.05, 4.69) is 20.5 Å². The number of halogens is 3. The number of nitrogens with zero attached hydrogens (tertiary/aromatic N) is 5. The number of benzene rings is 1. The van der Waals surface area contributed by atoms with E-state index in [-0.39, 0.29) is 28.8 Å². The van der Waals surface area contributed by atoms with Gasteiger partial charge in [-0.2, -0.15) is 10.2 Å². The second-order valence-corrected chi connectivity index (χ2v) is 8.69. The third-order valence-corrected chi connectivity index (χ3v) is 6.11. The van der Waals surface area contributed by atoms with Gasteiger partial charge in [-0.15, -0.1) is 0 Å². The Labute approximate surface area is 209 Å². The molecule has 1 aromatic carbocycles. The first kappa shape index (κ1) is 23.7. The summed E-state index contributed by atoms with van der Waals surface area (Å²) in [4.78, 5) is 17.3. The monoisotopic (exact) mass is 510 g/mol. The highest BCUT2D eigenvalue weighted by molar-refractivity contribution is 6.31. The van der Waals surface area contributed by atoms with Gasteiger partial charge < -0.3 is 9.73 Å². The zero-order valence-corrected chi connectivity index (χ0v) is 20.1. The van der Waals surface area contributed by atoms with E-state index in [0.29, 0.717) is 28.8 Å². The normalized spacial score (nSPS) is 11.5. The van der Waals surface area contributed by atoms with Crippen molar-refractivity contribution in [3.63, 3.8) is 0 Å². The fraction of sp³-hybridized carbons (Fsp3) is 0.200. The average Bonchev–Trinajstić information content (AvgIpc) is 3.55. The number of amides is 1. The zero-order chi connectivity index (χ0) is 25.4. The summed E-state index contributed by atoms with van der Waals surface area (Å²) in [7, 11) is 0. The number of anilines is 1. The number of furan rings is 1. The average molecular weight is 511 g/mol. The topological polar surface area (TPSA) is 90.8 Å². The number of pyridine rings is 1. The van der Waals surface area contributed by atoms with Crippen LogP contribution < -0.4 is 5.32 Å². The summed E-state index contributed by atoms with van der Waals surface area (Å²) < 4.78 is 36.2. The Morgan fingerprint density at radius 3 is 2.64 bits per heavy atom. The molecule has 1 N–H and O–H groups in total. The fourth-order valence-electron chi connectivity index (χ4n) is 4.06. The minimum atomic E-state index is -2.75. The number of hydrogen-bond acceptors (Lipinski definition) is 5. The third kappa shape index (κ3) is 4.59. The van der Waals surface area contributed by atoms with E-state index in [1.54, 1.807) is 35.9 Å². The van der Waals surface area contributed by atoms with Gasteiger partial charge in [-0.1, -0.05) is 29.8 Å². The Kier molecular flexibility index (Phi) is 6.27. The molecular weight excluding hydrogens is 490 g/mol. The third-order valence-electron chi connectivity index (χ3n) is 5.74. The van der Waals surface area contributed by atoms with Crippen LogP contribution in [0.3, 0.4) is 0 Å². The van der Waals surface area contributed by atoms with Crippen molar-refractivity contribution in [3.8, 4) is 11.5 Å². The maximum atomic E-state index is 13.9. The quantitative estimate of drug-likeness (QED) is 0.299. The number of alkyl halides is 2. The van der Waals surface area contributed by atoms with E-state index in [9.17, 15) is 13.6 Å². The number of hydrogen-bond donors (Lipinski definition) is 1. The molecule has 5 aromatic rings. The number of nitrogens with one attached hydrogen (secondary N) is 1. The van der Waals surface area contributed by atoms with Crippen LogP contribution in [-0.2, 0) is 17.9 Å². The van der Waals surface area contributed by atoms with Crippen molar-refractivity contribution in [2.24, 2.45) is 0 Å². The number of aryl methyl sites for hydroxylation is 2. The lowest BCUT2D eigenvalue weighted by molar-refractivity contribution is -0.116. The summed E-state index contributed by atoms with van der Waals surface area (Å²) in [5.74, 6) is 0.272. The van der Waals surface area contributed by atoms with Gasteiger partial charge in [0.25, 0.3) is 6.43 Å². The molecule has 0 saturated carbocycles. The van der Waals surface area contributed by atoms with Crippen molar-refractivity contribution in [2.75, 3.05) is 5.32 Å². The van der Waals surface area contributed by atoms with Gasteiger partial charge in [0.15, 0.2) is 17.2 Å². The molecule has 0 atom stereocenters. The minimum absolute atomic E-state index is 0.173. The van der Waals surface area contributed by atoms with Gasteiger partial charge in [0.1, 0.15) is 12.2 Å². The maximum Gasteiger partial charge on any atom is 0.264 e. The van der Waals surface area contributed by atoms with Crippen LogP contribution in [0.2, 0.25) is 5.02 Å². The molecular formula is C25H21ClF2N6O2. The number of aromatic nitrogens is 5. The van der Waals surface area contributed by atoms with Crippen molar-refractivity contribution in [2.45, 2.75) is 33.4 Å². The first-order valence-electron chi connectivity index (χ1n) is 11.1. The Morgan fingerprint density at radius 1 is 1.11 bits per heavy atom. The van der Waals surface area contributed by atoms with Crippen LogP contribution in [0, 0.1) is 13.8 Å². The lowest BCUT2D eigenvalue weighted by Crippen LogP contribution is -2.20. The Hall–Kier alpha value is -4.05. The second-order valence-electron chi connectivity index (χ2n) is 8.28. The number of carbonyl (C=O) groups is 1. The van der Waals surface area contributed by atoms with Gasteiger partial charge in [-0.3, -0.25) is 9.48 Å². The zero-order valence-electron chi connectivity index (χ0n) is 19.4. The molecule has 11 heteroatoms. The van der Waals surface area contributed by atoms with Crippen LogP contribution in [0.15, 0.2) is 59.2 Å². The van der Waals surface area contributed by atoms with Crippen molar-refractivity contribution in [1.29, 1.82) is 0 Å². The van der Waals surface area contributed by atoms with Crippen LogP contribution in [0.4, 0.5) is 14.6 Å². The molecule has 0 saturated heterocycles. The maximum absolute atomic E-state index is 13.9. The van der Waals surface area contributed by atoms with Crippen molar-refractivity contribution >= 4 is 34.4 Å². The van der Waals surface area contributed by atoms with E-state index >= 15 is 0 Å². The number of rotatable bonds is 7. The molecule has 0 unspecified atom stereocenters. The molecule has 184 valence electrons. The molecule has 0 aliphatic rings. The smallest absolute Gasteiger partial charge is 0.264 e. The molecule has 1 amide bonds. The highest BCUT2D eigenvalue weighted by Gasteiger charge is 2.23. The first-order chi connectivity index (χ1) is 17.3. The summed E-state index contributed by atoms with van der Waals surface area (Å²) in [5, 5.41) is 12.4. The molecule has 0 aliphatic heterocycles. The molecule has 0 fully saturated rings. The van der Waals surface area contributed by atoms with Gasteiger partial charge in [-0.05, 0) is 43.7 Å². The van der Waals surface area contributed by atoms with Crippen LogP contribution in [0.5, 0.6) is 0 Å². The van der Waals surface area contributed by atoms with Gasteiger partial charge >= 0.3 is 0 Å². The predicted molar refractivity (Wildman–Crippen MR) is 131 cm³/mol. The van der Waals surface area contributed by atoms with Crippen LogP contribution >= 0.6 is 11.6 Å². The number of fused-ring (bicyclic) bond motifs is 1. The van der Waals surface area contributed by atoms with E-state index in [0.717, 1.165) is 11.3 Å². The van der Waals surface area contributed by atoms with E-state index in [1.165, 1.54) is 17.0 Å². The van der Waals surface area contributed by atoms with Gasteiger partial charge in [0.05, 0.1) is 23.9 Å². The molecule has 4 aromatic heterocycles. The van der Waals surface area contributed by atoms with Gasteiger partial charge in [0.2, 0.25) is 5.91 Å². The van der Waals surface area contributed by atoms with Crippen molar-refractivity contribution < 1.29 is 18.0 Å². The Bertz CT molecular complexity index is 1560. The molecule has 0 radical (unpaired) electrons. The summed E-state index contributed by atoms with van der Waals surface area (Å²) in [6.45, 7) is 3.69. The Balaban J connectivity index is 1.40. The van der Waals surface area contributed by atoms with Crippen molar-refractivity contribution in [3.05, 3.63) is 82.3 Å². The van der Waals surface area contributed by atoms with E-state index < -0.39 is 12.3 Å². The van der Waals surface area contributed by atoms with Crippen LogP contribution in [-0.4, -0.2) is 30.5 Å². The van der Waals surface area contributed by atoms with Crippen LogP contribution in [0.25, 0.3) is 22.5 Å². The van der Waals surface area contributed by atoms with Gasteiger partial charge in [-0.25, -0.2) is 18.4 Å². The SMILES string of the molecule is Cc1nn(CC(=O)Nc2cc(C)n(Cc3ccccc3Cl)n2)c2nc(-c3ccco3)cc(C(F)F)c12. The highest BCUT2D eigenvalue weighted by atomic mass is 35.5. The molecule has 0 spiro atoms. The second kappa shape index (κ2) is 9.54. The van der Waals surface area contributed by atoms with Crippen LogP contribution in [0.1, 0.15) is 28.9 Å².